The molecule has 2 aromatic heterocycles. The van der Waals surface area contributed by atoms with Gasteiger partial charge >= 0.3 is 0 Å². The second kappa shape index (κ2) is 3.41. The van der Waals surface area contributed by atoms with Crippen molar-refractivity contribution in [3.8, 4) is 11.3 Å². The van der Waals surface area contributed by atoms with Crippen molar-refractivity contribution in [1.82, 2.24) is 20.2 Å². The Kier molecular flexibility index (Phi) is 1.93. The summed E-state index contributed by atoms with van der Waals surface area (Å²) in [6.45, 7) is 2.04. The molecule has 0 unspecified atom stereocenters. The van der Waals surface area contributed by atoms with E-state index in [9.17, 15) is 0 Å². The predicted molar refractivity (Wildman–Crippen MR) is 61.9 cm³/mol. The SMILES string of the molecule is Cc1cccc2ncc(-c3cn[nH]c3)nc12. The molecule has 0 saturated heterocycles. The molecule has 0 atom stereocenters. The molecule has 1 N–H and O–H groups in total. The van der Waals surface area contributed by atoms with Gasteiger partial charge in [0.15, 0.2) is 0 Å². The minimum atomic E-state index is 0.843. The molecule has 0 radical (unpaired) electrons. The summed E-state index contributed by atoms with van der Waals surface area (Å²) >= 11 is 0. The van der Waals surface area contributed by atoms with Crippen LogP contribution in [0.3, 0.4) is 0 Å². The number of nitrogens with one attached hydrogen (secondary N) is 1. The number of rotatable bonds is 1. The number of aryl methyl sites for hydroxylation is 1. The fourth-order valence-electron chi connectivity index (χ4n) is 1.70. The molecular weight excluding hydrogens is 200 g/mol. The van der Waals surface area contributed by atoms with Gasteiger partial charge in [-0.3, -0.25) is 10.1 Å². The van der Waals surface area contributed by atoms with Crippen LogP contribution in [0.25, 0.3) is 22.3 Å². The van der Waals surface area contributed by atoms with Crippen LogP contribution >= 0.6 is 0 Å². The van der Waals surface area contributed by atoms with Crippen LogP contribution in [0.15, 0.2) is 36.8 Å². The van der Waals surface area contributed by atoms with Gasteiger partial charge in [-0.2, -0.15) is 5.10 Å². The third-order valence-corrected chi connectivity index (χ3v) is 2.57. The van der Waals surface area contributed by atoms with E-state index in [1.165, 1.54) is 0 Å². The van der Waals surface area contributed by atoms with E-state index in [-0.39, 0.29) is 0 Å². The minimum Gasteiger partial charge on any atom is -0.285 e. The first-order valence-electron chi connectivity index (χ1n) is 5.06. The lowest BCUT2D eigenvalue weighted by Gasteiger charge is -2.02. The number of fused-ring (bicyclic) bond motifs is 1. The van der Waals surface area contributed by atoms with E-state index < -0.39 is 0 Å². The Bertz CT molecular complexity index is 629. The number of nitrogens with zero attached hydrogens (tertiary/aromatic N) is 3. The Morgan fingerprint density at radius 1 is 1.19 bits per heavy atom. The van der Waals surface area contributed by atoms with Crippen LogP contribution in [0.2, 0.25) is 0 Å². The van der Waals surface area contributed by atoms with E-state index >= 15 is 0 Å². The normalized spacial score (nSPS) is 10.8. The van der Waals surface area contributed by atoms with Crippen molar-refractivity contribution < 1.29 is 0 Å². The number of aromatic amines is 1. The van der Waals surface area contributed by atoms with Crippen LogP contribution < -0.4 is 0 Å². The van der Waals surface area contributed by atoms with Crippen molar-refractivity contribution >= 4 is 11.0 Å². The van der Waals surface area contributed by atoms with Gasteiger partial charge in [-0.25, -0.2) is 4.98 Å². The summed E-state index contributed by atoms with van der Waals surface area (Å²) in [6, 6.07) is 5.99. The number of para-hydroxylation sites is 1. The van der Waals surface area contributed by atoms with Gasteiger partial charge in [0.2, 0.25) is 0 Å². The molecule has 0 saturated carbocycles. The van der Waals surface area contributed by atoms with Crippen LogP contribution in [0, 0.1) is 6.92 Å². The predicted octanol–water partition coefficient (Wildman–Crippen LogP) is 2.33. The molecule has 0 bridgehead atoms. The molecule has 0 aliphatic carbocycles. The van der Waals surface area contributed by atoms with Gasteiger partial charge in [-0.15, -0.1) is 0 Å². The molecule has 0 aliphatic rings. The van der Waals surface area contributed by atoms with E-state index in [0.29, 0.717) is 0 Å². The van der Waals surface area contributed by atoms with Crippen molar-refractivity contribution in [3.05, 3.63) is 42.4 Å². The second-order valence-corrected chi connectivity index (χ2v) is 3.68. The average Bonchev–Trinajstić information content (AvgIpc) is 2.83. The highest BCUT2D eigenvalue weighted by molar-refractivity contribution is 5.79. The first kappa shape index (κ1) is 9.03. The van der Waals surface area contributed by atoms with Crippen molar-refractivity contribution in [3.63, 3.8) is 0 Å². The molecule has 0 spiro atoms. The van der Waals surface area contributed by atoms with Gasteiger partial charge in [0, 0.05) is 11.8 Å². The first-order valence-corrected chi connectivity index (χ1v) is 5.06. The monoisotopic (exact) mass is 210 g/mol. The third kappa shape index (κ3) is 1.35. The minimum absolute atomic E-state index is 0.843. The smallest absolute Gasteiger partial charge is 0.0924 e. The molecule has 0 aliphatic heterocycles. The molecule has 3 aromatic rings. The lowest BCUT2D eigenvalue weighted by Crippen LogP contribution is -1.89. The summed E-state index contributed by atoms with van der Waals surface area (Å²) in [5.74, 6) is 0. The zero-order chi connectivity index (χ0) is 11.0. The van der Waals surface area contributed by atoms with E-state index in [1.807, 2.05) is 31.3 Å². The van der Waals surface area contributed by atoms with Gasteiger partial charge in [0.1, 0.15) is 0 Å². The Labute approximate surface area is 92.4 Å². The molecule has 1 aromatic carbocycles. The molecule has 0 fully saturated rings. The molecule has 4 heteroatoms. The maximum absolute atomic E-state index is 4.59. The molecule has 16 heavy (non-hydrogen) atoms. The Morgan fingerprint density at radius 2 is 2.12 bits per heavy atom. The van der Waals surface area contributed by atoms with Gasteiger partial charge < -0.3 is 0 Å². The van der Waals surface area contributed by atoms with E-state index in [2.05, 4.69) is 20.2 Å². The number of aromatic nitrogens is 4. The second-order valence-electron chi connectivity index (χ2n) is 3.68. The van der Waals surface area contributed by atoms with Crippen LogP contribution in [0.4, 0.5) is 0 Å². The molecular formula is C12H10N4. The third-order valence-electron chi connectivity index (χ3n) is 2.57. The number of benzene rings is 1. The van der Waals surface area contributed by atoms with Gasteiger partial charge in [0.25, 0.3) is 0 Å². The zero-order valence-corrected chi connectivity index (χ0v) is 8.81. The van der Waals surface area contributed by atoms with Crippen molar-refractivity contribution in [2.75, 3.05) is 0 Å². The summed E-state index contributed by atoms with van der Waals surface area (Å²) in [4.78, 5) is 8.99. The van der Waals surface area contributed by atoms with E-state index in [4.69, 9.17) is 0 Å². The summed E-state index contributed by atoms with van der Waals surface area (Å²) in [6.07, 6.45) is 5.33. The van der Waals surface area contributed by atoms with Crippen molar-refractivity contribution in [2.45, 2.75) is 6.92 Å². The van der Waals surface area contributed by atoms with Gasteiger partial charge in [-0.05, 0) is 18.6 Å². The molecule has 2 heterocycles. The number of H-pyrrole nitrogens is 1. The van der Waals surface area contributed by atoms with E-state index in [0.717, 1.165) is 27.9 Å². The Balaban J connectivity index is 2.27. The lowest BCUT2D eigenvalue weighted by molar-refractivity contribution is 1.09. The highest BCUT2D eigenvalue weighted by atomic mass is 15.1. The lowest BCUT2D eigenvalue weighted by atomic mass is 10.2. The quantitative estimate of drug-likeness (QED) is 0.670. The largest absolute Gasteiger partial charge is 0.285 e. The number of hydrogen-bond donors (Lipinski definition) is 1. The van der Waals surface area contributed by atoms with Crippen LogP contribution in [0.1, 0.15) is 5.56 Å². The molecule has 3 rings (SSSR count). The van der Waals surface area contributed by atoms with Crippen LogP contribution in [-0.4, -0.2) is 20.2 Å². The Hall–Kier alpha value is -2.23. The van der Waals surface area contributed by atoms with E-state index in [1.54, 1.807) is 12.4 Å². The van der Waals surface area contributed by atoms with Crippen LogP contribution in [-0.2, 0) is 0 Å². The van der Waals surface area contributed by atoms with Gasteiger partial charge in [0.05, 0.1) is 29.1 Å². The Morgan fingerprint density at radius 3 is 2.94 bits per heavy atom. The molecule has 0 amide bonds. The summed E-state index contributed by atoms with van der Waals surface area (Å²) in [7, 11) is 0. The topological polar surface area (TPSA) is 54.5 Å². The fourth-order valence-corrected chi connectivity index (χ4v) is 1.70. The van der Waals surface area contributed by atoms with Crippen LogP contribution in [0.5, 0.6) is 0 Å². The summed E-state index contributed by atoms with van der Waals surface area (Å²) in [5, 5.41) is 6.68. The zero-order valence-electron chi connectivity index (χ0n) is 8.81. The maximum atomic E-state index is 4.59. The molecule has 78 valence electrons. The highest BCUT2D eigenvalue weighted by Gasteiger charge is 2.04. The van der Waals surface area contributed by atoms with Gasteiger partial charge in [-0.1, -0.05) is 12.1 Å². The number of hydrogen-bond acceptors (Lipinski definition) is 3. The standard InChI is InChI=1S/C12H10N4/c1-8-3-2-4-10-12(8)16-11(7-13-10)9-5-14-15-6-9/h2-7H,1H3,(H,14,15). The highest BCUT2D eigenvalue weighted by Crippen LogP contribution is 2.19. The summed E-state index contributed by atoms with van der Waals surface area (Å²) in [5.41, 5.74) is 4.80. The first-order chi connectivity index (χ1) is 7.84. The maximum Gasteiger partial charge on any atom is 0.0924 e. The summed E-state index contributed by atoms with van der Waals surface area (Å²) < 4.78 is 0. The van der Waals surface area contributed by atoms with Crippen molar-refractivity contribution in [1.29, 1.82) is 0 Å². The average molecular weight is 210 g/mol. The molecule has 4 nitrogen and oxygen atoms in total. The fraction of sp³-hybridized carbons (Fsp3) is 0.0833. The van der Waals surface area contributed by atoms with Crippen molar-refractivity contribution in [2.24, 2.45) is 0 Å².